The quantitative estimate of drug-likeness (QED) is 0.137. The van der Waals surface area contributed by atoms with Crippen LogP contribution in [0, 0.1) is 0 Å². The van der Waals surface area contributed by atoms with Gasteiger partial charge in [-0.2, -0.15) is 0 Å². The lowest BCUT2D eigenvalue weighted by molar-refractivity contribution is -0.140. The minimum atomic E-state index is -0.842. The second-order valence-electron chi connectivity index (χ2n) is 10.8. The maximum atomic E-state index is 13.6. The van der Waals surface area contributed by atoms with Gasteiger partial charge in [-0.05, 0) is 66.4 Å². The summed E-state index contributed by atoms with van der Waals surface area (Å²) in [6, 6.07) is 29.2. The molecule has 1 saturated heterocycles. The molecule has 6 rings (SSSR count). The van der Waals surface area contributed by atoms with Crippen LogP contribution in [0.1, 0.15) is 47.7 Å². The van der Waals surface area contributed by atoms with Crippen molar-refractivity contribution in [3.05, 3.63) is 130 Å². The molecule has 1 N–H and O–H groups in total. The third-order valence-corrected chi connectivity index (χ3v) is 7.73. The highest BCUT2D eigenvalue weighted by Gasteiger charge is 2.46. The fourth-order valence-corrected chi connectivity index (χ4v) is 5.71. The summed E-state index contributed by atoms with van der Waals surface area (Å²) in [5.74, 6) is 0.176. The molecule has 0 saturated carbocycles. The summed E-state index contributed by atoms with van der Waals surface area (Å²) in [5, 5.41) is 11.6. The van der Waals surface area contributed by atoms with Crippen molar-refractivity contribution in [3.63, 3.8) is 0 Å². The van der Waals surface area contributed by atoms with Crippen molar-refractivity contribution in [1.82, 2.24) is 4.90 Å². The van der Waals surface area contributed by atoms with E-state index in [1.807, 2.05) is 86.6 Å². The smallest absolute Gasteiger partial charge is 0.295 e. The zero-order valence-electron chi connectivity index (χ0n) is 24.2. The summed E-state index contributed by atoms with van der Waals surface area (Å²) in [6.07, 6.45) is 0.730. The Kier molecular flexibility index (Phi) is 7.88. The fourth-order valence-electron chi connectivity index (χ4n) is 5.71. The highest BCUT2D eigenvalue weighted by molar-refractivity contribution is 6.46. The molecule has 0 unspecified atom stereocenters. The van der Waals surface area contributed by atoms with Crippen LogP contribution >= 0.6 is 0 Å². The molecule has 0 aromatic heterocycles. The molecule has 0 bridgehead atoms. The molecule has 1 amide bonds. The van der Waals surface area contributed by atoms with Crippen LogP contribution in [0.4, 0.5) is 0 Å². The maximum Gasteiger partial charge on any atom is 0.295 e. The van der Waals surface area contributed by atoms with E-state index in [2.05, 4.69) is 0 Å². The molecule has 4 aromatic carbocycles. The number of ketones is 1. The largest absolute Gasteiger partial charge is 0.507 e. The highest BCUT2D eigenvalue weighted by atomic mass is 16.5. The standard InChI is InChI=1S/C36H33NO6/c1-3-41-31-20-26(14-17-30(31)42-22-25-12-8-5-9-13-25)33-32(34(38)27-15-16-29-28(19-27)18-23(2)43-29)35(39)36(40)37(33)21-24-10-6-4-7-11-24/h4-17,19-20,23,33,38H,3,18,21-22H2,1-2H3/t23-,33-/m0/s1. The monoisotopic (exact) mass is 575 g/mol. The second-order valence-corrected chi connectivity index (χ2v) is 10.8. The van der Waals surface area contributed by atoms with Gasteiger partial charge in [-0.3, -0.25) is 9.59 Å². The van der Waals surface area contributed by atoms with Gasteiger partial charge < -0.3 is 24.2 Å². The number of aliphatic hydroxyl groups excluding tert-OH is 1. The molecule has 43 heavy (non-hydrogen) atoms. The fraction of sp³-hybridized carbons (Fsp3) is 0.222. The lowest BCUT2D eigenvalue weighted by Gasteiger charge is -2.26. The average Bonchev–Trinajstić information content (AvgIpc) is 3.52. The van der Waals surface area contributed by atoms with Crippen LogP contribution in [0.15, 0.2) is 103 Å². The Balaban J connectivity index is 1.43. The molecular weight excluding hydrogens is 542 g/mol. The Morgan fingerprint density at radius 3 is 2.33 bits per heavy atom. The van der Waals surface area contributed by atoms with E-state index in [0.717, 1.165) is 22.4 Å². The molecular formula is C36H33NO6. The molecule has 4 aromatic rings. The number of carbonyl (C=O) groups is 2. The van der Waals surface area contributed by atoms with Crippen molar-refractivity contribution in [2.24, 2.45) is 0 Å². The van der Waals surface area contributed by atoms with Crippen LogP contribution in [0.5, 0.6) is 17.2 Å². The van der Waals surface area contributed by atoms with E-state index in [0.29, 0.717) is 42.3 Å². The number of rotatable bonds is 9. The lowest BCUT2D eigenvalue weighted by Crippen LogP contribution is -2.29. The molecule has 7 nitrogen and oxygen atoms in total. The Hall–Kier alpha value is -5.04. The van der Waals surface area contributed by atoms with Gasteiger partial charge in [0.05, 0.1) is 18.2 Å². The molecule has 218 valence electrons. The normalized spacial score (nSPS) is 18.8. The topological polar surface area (TPSA) is 85.3 Å². The van der Waals surface area contributed by atoms with Gasteiger partial charge in [-0.15, -0.1) is 0 Å². The summed E-state index contributed by atoms with van der Waals surface area (Å²) in [7, 11) is 0. The summed E-state index contributed by atoms with van der Waals surface area (Å²) < 4.78 is 17.9. The van der Waals surface area contributed by atoms with Gasteiger partial charge in [-0.25, -0.2) is 0 Å². The van der Waals surface area contributed by atoms with Gasteiger partial charge in [0.15, 0.2) is 11.5 Å². The molecule has 1 fully saturated rings. The number of ether oxygens (including phenoxy) is 3. The number of fused-ring (bicyclic) bond motifs is 1. The summed E-state index contributed by atoms with van der Waals surface area (Å²) in [6.45, 7) is 4.81. The molecule has 2 heterocycles. The van der Waals surface area contributed by atoms with E-state index in [4.69, 9.17) is 14.2 Å². The van der Waals surface area contributed by atoms with Crippen LogP contribution < -0.4 is 14.2 Å². The van der Waals surface area contributed by atoms with Crippen molar-refractivity contribution in [2.45, 2.75) is 45.6 Å². The number of carbonyl (C=O) groups excluding carboxylic acids is 2. The molecule has 0 radical (unpaired) electrons. The number of nitrogens with zero attached hydrogens (tertiary/aromatic N) is 1. The zero-order valence-corrected chi connectivity index (χ0v) is 24.2. The van der Waals surface area contributed by atoms with Crippen molar-refractivity contribution in [2.75, 3.05) is 6.61 Å². The lowest BCUT2D eigenvalue weighted by atomic mass is 9.94. The van der Waals surface area contributed by atoms with Gasteiger partial charge >= 0.3 is 0 Å². The Morgan fingerprint density at radius 1 is 0.884 bits per heavy atom. The first-order chi connectivity index (χ1) is 20.9. The maximum absolute atomic E-state index is 13.6. The SMILES string of the molecule is CCOc1cc([C@H]2C(=C(O)c3ccc4c(c3)C[C@H](C)O4)C(=O)C(=O)N2Cc2ccccc2)ccc1OCc1ccccc1. The van der Waals surface area contributed by atoms with E-state index < -0.39 is 17.7 Å². The number of hydrogen-bond acceptors (Lipinski definition) is 6. The van der Waals surface area contributed by atoms with Gasteiger partial charge in [0.1, 0.15) is 24.2 Å². The molecule has 2 atom stereocenters. The Bertz CT molecular complexity index is 1680. The number of aliphatic hydroxyl groups is 1. The van der Waals surface area contributed by atoms with Crippen molar-refractivity contribution in [3.8, 4) is 17.2 Å². The van der Waals surface area contributed by atoms with Crippen LogP contribution in [0.25, 0.3) is 5.76 Å². The third kappa shape index (κ3) is 5.71. The zero-order chi connectivity index (χ0) is 29.9. The summed E-state index contributed by atoms with van der Waals surface area (Å²) >= 11 is 0. The third-order valence-electron chi connectivity index (χ3n) is 7.73. The first kappa shape index (κ1) is 28.1. The minimum Gasteiger partial charge on any atom is -0.507 e. The van der Waals surface area contributed by atoms with Crippen molar-refractivity contribution < 1.29 is 28.9 Å². The number of amides is 1. The average molecular weight is 576 g/mol. The molecule has 0 spiro atoms. The van der Waals surface area contributed by atoms with Gasteiger partial charge in [0, 0.05) is 18.5 Å². The molecule has 0 aliphatic carbocycles. The van der Waals surface area contributed by atoms with Gasteiger partial charge in [0.2, 0.25) is 0 Å². The van der Waals surface area contributed by atoms with Gasteiger partial charge in [-0.1, -0.05) is 66.7 Å². The van der Waals surface area contributed by atoms with E-state index in [1.54, 1.807) is 24.3 Å². The second kappa shape index (κ2) is 12.1. The molecule has 2 aliphatic rings. The predicted molar refractivity (Wildman–Crippen MR) is 163 cm³/mol. The van der Waals surface area contributed by atoms with Crippen molar-refractivity contribution >= 4 is 17.4 Å². The Labute approximate surface area is 250 Å². The van der Waals surface area contributed by atoms with Crippen LogP contribution in [-0.2, 0) is 29.2 Å². The van der Waals surface area contributed by atoms with E-state index in [9.17, 15) is 14.7 Å². The number of hydrogen-bond donors (Lipinski definition) is 1. The number of likely N-dealkylation sites (tertiary alicyclic amines) is 1. The minimum absolute atomic E-state index is 0.0310. The van der Waals surface area contributed by atoms with E-state index >= 15 is 0 Å². The van der Waals surface area contributed by atoms with Crippen LogP contribution in [0.3, 0.4) is 0 Å². The highest BCUT2D eigenvalue weighted by Crippen LogP contribution is 2.43. The molecule has 7 heteroatoms. The molecule has 2 aliphatic heterocycles. The van der Waals surface area contributed by atoms with Crippen LogP contribution in [0.2, 0.25) is 0 Å². The van der Waals surface area contributed by atoms with E-state index in [-0.39, 0.29) is 24.0 Å². The number of Topliss-reactive ketones (excluding diaryl/α,β-unsaturated/α-hetero) is 1. The van der Waals surface area contributed by atoms with Crippen molar-refractivity contribution in [1.29, 1.82) is 0 Å². The first-order valence-electron chi connectivity index (χ1n) is 14.5. The van der Waals surface area contributed by atoms with E-state index in [1.165, 1.54) is 4.90 Å². The predicted octanol–water partition coefficient (Wildman–Crippen LogP) is 6.61. The van der Waals surface area contributed by atoms with Crippen LogP contribution in [-0.4, -0.2) is 34.4 Å². The Morgan fingerprint density at radius 2 is 1.60 bits per heavy atom. The first-order valence-corrected chi connectivity index (χ1v) is 14.5. The summed E-state index contributed by atoms with van der Waals surface area (Å²) in [4.78, 5) is 28.7. The number of benzene rings is 4. The van der Waals surface area contributed by atoms with Gasteiger partial charge in [0.25, 0.3) is 11.7 Å². The summed E-state index contributed by atoms with van der Waals surface area (Å²) in [5.41, 5.74) is 3.96.